The largest absolute Gasteiger partial charge is 0.514 e. The summed E-state index contributed by atoms with van der Waals surface area (Å²) in [6.07, 6.45) is -2.11. The minimum absolute atomic E-state index is 0.0758. The molecule has 1 aliphatic rings. The fourth-order valence-electron chi connectivity index (χ4n) is 11.7. The van der Waals surface area contributed by atoms with Crippen LogP contribution in [0.3, 0.4) is 0 Å². The summed E-state index contributed by atoms with van der Waals surface area (Å²) in [5.41, 5.74) is 15.8. The van der Waals surface area contributed by atoms with E-state index in [2.05, 4.69) is 41.9 Å². The normalized spacial score (nSPS) is 16.2. The number of nitrogens with two attached hydrogens (primary N) is 1. The molecule has 1 aliphatic heterocycles. The molecule has 4 rings (SSSR count). The lowest BCUT2D eigenvalue weighted by molar-refractivity contribution is -0.148. The predicted octanol–water partition coefficient (Wildman–Crippen LogP) is 6.62. The molecule has 534 valence electrons. The first-order valence-electron chi connectivity index (χ1n) is 32.8. The van der Waals surface area contributed by atoms with Crippen molar-refractivity contribution in [3.8, 4) is 5.75 Å². The molecule has 1 fully saturated rings. The zero-order valence-corrected chi connectivity index (χ0v) is 58.3. The topological polar surface area (TPSA) is 394 Å². The Kier molecular flexibility index (Phi) is 33.0. The van der Waals surface area contributed by atoms with Gasteiger partial charge >= 0.3 is 18.3 Å². The van der Waals surface area contributed by atoms with Crippen molar-refractivity contribution in [2.24, 2.45) is 40.4 Å². The van der Waals surface area contributed by atoms with E-state index >= 15 is 0 Å². The van der Waals surface area contributed by atoms with Crippen molar-refractivity contribution in [2.45, 2.75) is 182 Å². The number of likely N-dealkylation sites (tertiary alicyclic amines) is 1. The highest BCUT2D eigenvalue weighted by atomic mass is 16.7. The molecule has 0 aliphatic carbocycles. The Labute approximate surface area is 568 Å². The second kappa shape index (κ2) is 39.9. The number of primary amides is 1. The molecule has 12 atom stereocenters. The number of aliphatic hydroxyl groups excluding tert-OH is 1. The predicted molar refractivity (Wildman–Crippen MR) is 360 cm³/mol. The van der Waals surface area contributed by atoms with E-state index in [4.69, 9.17) is 34.9 Å². The Bertz CT molecular complexity index is 3130. The molecule has 0 unspecified atom stereocenters. The maximum absolute atomic E-state index is 14.8. The van der Waals surface area contributed by atoms with Crippen LogP contribution in [0.4, 0.5) is 20.1 Å². The van der Waals surface area contributed by atoms with Crippen molar-refractivity contribution in [1.29, 1.82) is 0 Å². The van der Waals surface area contributed by atoms with Crippen molar-refractivity contribution < 1.29 is 76.7 Å². The molecule has 0 radical (unpaired) electrons. The van der Waals surface area contributed by atoms with Crippen LogP contribution in [0.2, 0.25) is 0 Å². The van der Waals surface area contributed by atoms with Gasteiger partial charge in [0.2, 0.25) is 41.4 Å². The summed E-state index contributed by atoms with van der Waals surface area (Å²) >= 11 is 0. The summed E-state index contributed by atoms with van der Waals surface area (Å²) in [5.74, 6) is -5.55. The summed E-state index contributed by atoms with van der Waals surface area (Å²) in [7, 11) is 6.07. The number of nitrogens with zero attached hydrogens (tertiary/aromatic N) is 6. The zero-order valence-electron chi connectivity index (χ0n) is 58.3. The number of hydrogen-bond acceptors (Lipinski definition) is 17. The Morgan fingerprint density at radius 2 is 1.35 bits per heavy atom. The Balaban J connectivity index is 1.33. The van der Waals surface area contributed by atoms with Gasteiger partial charge in [0.1, 0.15) is 49.7 Å². The standard InChI is InChI=1S/C68H101N13O16/c1-15-42(8)58(52(93-13)35-54(83)81-34-20-24-51(81)60(94-14)43(9)61(85)73-44(10)59(84)47-21-17-16-18-22-47)79(11)65(89)56(40(4)5)77-64(88)57(41(6)7)80(12)67(91)95-37-46-27-31-49(32-28-46)97-68(92)96-38-45-25-29-48(30-26-45)74-62(86)50(23-19-33-71-66(69)90)75-63(87)55(39(2)3)76-53(82)36-72-78-70/h16-18,21-22,25-32,39-44,50-52,55-60,84H,15,19-20,23-24,33-38H2,1-14H3,(H,73,85)(H,74,86)(H,75,87)(H,76,82)(H,77,88)(H3,69,71,90)/t42-,43+,44+,50-,51-,52+,55-,56-,57-,58-,59+,60+/m0/s1. The Morgan fingerprint density at radius 3 is 1.92 bits per heavy atom. The second-order valence-corrected chi connectivity index (χ2v) is 25.5. The molecule has 0 saturated carbocycles. The van der Waals surface area contributed by atoms with Gasteiger partial charge in [-0.3, -0.25) is 38.5 Å². The van der Waals surface area contributed by atoms with E-state index < -0.39 is 139 Å². The number of azide groups is 1. The van der Waals surface area contributed by atoms with Crippen LogP contribution in [0.5, 0.6) is 5.75 Å². The minimum atomic E-state index is -1.12. The molecule has 97 heavy (non-hydrogen) atoms. The molecule has 1 saturated heterocycles. The molecular weight excluding hydrogens is 1250 g/mol. The molecular formula is C68H101N13O16. The second-order valence-electron chi connectivity index (χ2n) is 25.5. The summed E-state index contributed by atoms with van der Waals surface area (Å²) in [6, 6.07) is 14.6. The number of aliphatic hydroxyl groups is 1. The van der Waals surface area contributed by atoms with Crippen molar-refractivity contribution >= 4 is 65.3 Å². The lowest BCUT2D eigenvalue weighted by atomic mass is 9.89. The fraction of sp³-hybridized carbons (Fsp3) is 0.588. The smallest absolute Gasteiger partial charge is 0.445 e. The number of likely N-dealkylation sites (N-methyl/N-ethyl adjacent to an activating group) is 2. The maximum Gasteiger partial charge on any atom is 0.514 e. The van der Waals surface area contributed by atoms with Crippen molar-refractivity contribution in [2.75, 3.05) is 53.3 Å². The zero-order chi connectivity index (χ0) is 72.2. The van der Waals surface area contributed by atoms with E-state index in [9.17, 15) is 53.1 Å². The third-order valence-corrected chi connectivity index (χ3v) is 17.3. The third-order valence-electron chi connectivity index (χ3n) is 17.3. The van der Waals surface area contributed by atoms with Crippen LogP contribution in [-0.2, 0) is 65.7 Å². The quantitative estimate of drug-likeness (QED) is 0.00751. The van der Waals surface area contributed by atoms with Gasteiger partial charge in [-0.25, -0.2) is 14.4 Å². The molecule has 3 aromatic rings. The van der Waals surface area contributed by atoms with Gasteiger partial charge < -0.3 is 76.2 Å². The highest BCUT2D eigenvalue weighted by molar-refractivity contribution is 5.98. The number of hydrogen-bond donors (Lipinski definition) is 8. The average molecular weight is 1360 g/mol. The lowest BCUT2D eigenvalue weighted by Gasteiger charge is -2.41. The van der Waals surface area contributed by atoms with E-state index in [0.29, 0.717) is 48.2 Å². The van der Waals surface area contributed by atoms with Gasteiger partial charge in [0.25, 0.3) is 0 Å². The summed E-state index contributed by atoms with van der Waals surface area (Å²) in [4.78, 5) is 141. The molecule has 29 nitrogen and oxygen atoms in total. The number of anilines is 1. The first kappa shape index (κ1) is 80.4. The maximum atomic E-state index is 14.8. The number of carbonyl (C=O) groups excluding carboxylic acids is 10. The van der Waals surface area contributed by atoms with Gasteiger partial charge in [-0.05, 0) is 103 Å². The number of benzene rings is 3. The fourth-order valence-corrected chi connectivity index (χ4v) is 11.7. The number of amides is 10. The van der Waals surface area contributed by atoms with Crippen LogP contribution in [0.15, 0.2) is 84.0 Å². The van der Waals surface area contributed by atoms with E-state index in [-0.39, 0.29) is 62.5 Å². The number of carbonyl (C=O) groups is 10. The van der Waals surface area contributed by atoms with Gasteiger partial charge in [0.05, 0.1) is 48.8 Å². The highest BCUT2D eigenvalue weighted by Crippen LogP contribution is 2.31. The number of urea groups is 1. The van der Waals surface area contributed by atoms with E-state index in [1.807, 2.05) is 32.0 Å². The first-order valence-corrected chi connectivity index (χ1v) is 32.8. The number of methoxy groups -OCH3 is 2. The molecule has 10 amide bonds. The Hall–Kier alpha value is -9.05. The van der Waals surface area contributed by atoms with Gasteiger partial charge in [-0.1, -0.05) is 128 Å². The Morgan fingerprint density at radius 1 is 0.732 bits per heavy atom. The SMILES string of the molecule is CC[C@H](C)[C@@H]([C@@H](CC(=O)N1CCC[C@H]1[C@H](OC)[C@@H](C)C(=O)N[C@H](C)[C@@H](O)c1ccccc1)OC)N(C)C(=O)[C@@H](NC(=O)[C@H](C(C)C)N(C)C(=O)OCc1ccc(OC(=O)OCc2ccc(NC(=O)[C@H](CCCNC(N)=O)NC(=O)[C@@H](NC(=O)CN=[N+]=[N-])C(C)C)cc2)cc1)C(C)C. The molecule has 0 aromatic heterocycles. The summed E-state index contributed by atoms with van der Waals surface area (Å²) < 4.78 is 28.3. The van der Waals surface area contributed by atoms with Crippen LogP contribution >= 0.6 is 0 Å². The van der Waals surface area contributed by atoms with Gasteiger partial charge in [0, 0.05) is 52.0 Å². The van der Waals surface area contributed by atoms with E-state index in [1.165, 1.54) is 38.3 Å². The van der Waals surface area contributed by atoms with Gasteiger partial charge in [-0.2, -0.15) is 0 Å². The van der Waals surface area contributed by atoms with Crippen LogP contribution in [-0.4, -0.2) is 182 Å². The van der Waals surface area contributed by atoms with Crippen LogP contribution in [0, 0.1) is 29.6 Å². The molecule has 0 bridgehead atoms. The molecule has 3 aromatic carbocycles. The van der Waals surface area contributed by atoms with E-state index in [0.717, 1.165) is 0 Å². The summed E-state index contributed by atoms with van der Waals surface area (Å²) in [6.45, 7) is 17.5. The molecule has 29 heteroatoms. The number of nitrogens with one attached hydrogen (secondary N) is 6. The van der Waals surface area contributed by atoms with Crippen molar-refractivity contribution in [3.63, 3.8) is 0 Å². The molecule has 9 N–H and O–H groups in total. The average Bonchev–Trinajstić information content (AvgIpc) is 1.81. The molecule has 1 heterocycles. The highest BCUT2D eigenvalue weighted by Gasteiger charge is 2.44. The number of rotatable bonds is 37. The van der Waals surface area contributed by atoms with Gasteiger partial charge in [-0.15, -0.1) is 0 Å². The monoisotopic (exact) mass is 1360 g/mol. The van der Waals surface area contributed by atoms with E-state index in [1.54, 1.807) is 121 Å². The van der Waals surface area contributed by atoms with Gasteiger partial charge in [0.15, 0.2) is 0 Å². The lowest BCUT2D eigenvalue weighted by Crippen LogP contribution is -2.60. The van der Waals surface area contributed by atoms with Crippen molar-refractivity contribution in [3.05, 3.63) is 106 Å². The third kappa shape index (κ3) is 24.5. The van der Waals surface area contributed by atoms with Crippen molar-refractivity contribution in [1.82, 2.24) is 41.3 Å². The summed E-state index contributed by atoms with van der Waals surface area (Å²) in [5, 5.41) is 30.3. The first-order chi connectivity index (χ1) is 46.0. The van der Waals surface area contributed by atoms with Crippen LogP contribution in [0.25, 0.3) is 10.4 Å². The minimum Gasteiger partial charge on any atom is -0.445 e. The number of ether oxygens (including phenoxy) is 5. The van der Waals surface area contributed by atoms with Crippen LogP contribution < -0.4 is 42.4 Å². The van der Waals surface area contributed by atoms with Crippen LogP contribution in [0.1, 0.15) is 131 Å². The molecule has 0 spiro atoms.